The van der Waals surface area contributed by atoms with E-state index in [2.05, 4.69) is 4.72 Å². The summed E-state index contributed by atoms with van der Waals surface area (Å²) < 4.78 is 32.6. The lowest BCUT2D eigenvalue weighted by molar-refractivity contribution is -0.116. The van der Waals surface area contributed by atoms with E-state index in [1.54, 1.807) is 43.4 Å². The van der Waals surface area contributed by atoms with Gasteiger partial charge in [-0.3, -0.25) is 9.52 Å². The van der Waals surface area contributed by atoms with Gasteiger partial charge in [0.15, 0.2) is 0 Å². The number of hydrogen-bond acceptors (Lipinski definition) is 4. The number of rotatable bonds is 6. The van der Waals surface area contributed by atoms with Gasteiger partial charge in [-0.2, -0.15) is 0 Å². The highest BCUT2D eigenvalue weighted by atomic mass is 32.2. The molecule has 0 heterocycles. The van der Waals surface area contributed by atoms with E-state index in [9.17, 15) is 13.2 Å². The van der Waals surface area contributed by atoms with E-state index in [4.69, 9.17) is 4.74 Å². The topological polar surface area (TPSA) is 75.7 Å². The van der Waals surface area contributed by atoms with Gasteiger partial charge < -0.3 is 9.64 Å². The summed E-state index contributed by atoms with van der Waals surface area (Å²) in [6, 6.07) is 12.8. The SMILES string of the molecule is CCOc1ccc(S(=O)(=O)Nc2ccc(N(C)C(C)=O)cc2)cc1. The Morgan fingerprint density at radius 3 is 2.17 bits per heavy atom. The third kappa shape index (κ3) is 4.26. The molecule has 0 unspecified atom stereocenters. The number of nitrogens with one attached hydrogen (secondary N) is 1. The van der Waals surface area contributed by atoms with Gasteiger partial charge in [0, 0.05) is 25.3 Å². The molecule has 1 N–H and O–H groups in total. The molecule has 0 aliphatic heterocycles. The molecule has 6 nitrogen and oxygen atoms in total. The summed E-state index contributed by atoms with van der Waals surface area (Å²) in [5, 5.41) is 0. The Labute approximate surface area is 142 Å². The smallest absolute Gasteiger partial charge is 0.261 e. The lowest BCUT2D eigenvalue weighted by Crippen LogP contribution is -2.22. The number of carbonyl (C=O) groups excluding carboxylic acids is 1. The molecule has 128 valence electrons. The second-order valence-corrected chi connectivity index (χ2v) is 6.82. The quantitative estimate of drug-likeness (QED) is 0.871. The maximum Gasteiger partial charge on any atom is 0.261 e. The van der Waals surface area contributed by atoms with Gasteiger partial charge in [0.25, 0.3) is 10.0 Å². The highest BCUT2D eigenvalue weighted by molar-refractivity contribution is 7.92. The molecule has 2 rings (SSSR count). The third-order valence-electron chi connectivity index (χ3n) is 3.42. The number of nitrogens with zero attached hydrogens (tertiary/aromatic N) is 1. The normalized spacial score (nSPS) is 11.0. The Bertz CT molecular complexity index is 799. The molecule has 0 aliphatic carbocycles. The standard InChI is InChI=1S/C17H20N2O4S/c1-4-23-16-9-11-17(12-10-16)24(21,22)18-14-5-7-15(8-6-14)19(3)13(2)20/h5-12,18H,4H2,1-3H3. The van der Waals surface area contributed by atoms with Crippen molar-refractivity contribution in [2.24, 2.45) is 0 Å². The van der Waals surface area contributed by atoms with Gasteiger partial charge in [0.2, 0.25) is 5.91 Å². The second-order valence-electron chi connectivity index (χ2n) is 5.13. The van der Waals surface area contributed by atoms with Crippen molar-refractivity contribution in [3.63, 3.8) is 0 Å². The predicted molar refractivity (Wildman–Crippen MR) is 93.9 cm³/mol. The summed E-state index contributed by atoms with van der Waals surface area (Å²) in [6.45, 7) is 3.84. The summed E-state index contributed by atoms with van der Waals surface area (Å²) in [5.74, 6) is 0.519. The zero-order valence-corrected chi connectivity index (χ0v) is 14.6. The molecule has 2 aromatic carbocycles. The van der Waals surface area contributed by atoms with Crippen molar-refractivity contribution >= 4 is 27.3 Å². The van der Waals surface area contributed by atoms with Crippen LogP contribution in [0.3, 0.4) is 0 Å². The van der Waals surface area contributed by atoms with Crippen LogP contribution in [0.4, 0.5) is 11.4 Å². The summed E-state index contributed by atoms with van der Waals surface area (Å²) in [6.07, 6.45) is 0. The van der Waals surface area contributed by atoms with Gasteiger partial charge in [-0.05, 0) is 55.5 Å². The van der Waals surface area contributed by atoms with Crippen LogP contribution >= 0.6 is 0 Å². The minimum atomic E-state index is -3.68. The molecule has 7 heteroatoms. The summed E-state index contributed by atoms with van der Waals surface area (Å²) in [7, 11) is -2.03. The minimum Gasteiger partial charge on any atom is -0.494 e. The highest BCUT2D eigenvalue weighted by Crippen LogP contribution is 2.21. The van der Waals surface area contributed by atoms with E-state index in [1.807, 2.05) is 6.92 Å². The van der Waals surface area contributed by atoms with Crippen molar-refractivity contribution in [1.29, 1.82) is 0 Å². The van der Waals surface area contributed by atoms with E-state index in [0.29, 0.717) is 23.7 Å². The summed E-state index contributed by atoms with van der Waals surface area (Å²) in [5.41, 5.74) is 1.11. The molecule has 0 aliphatic rings. The van der Waals surface area contributed by atoms with Crippen LogP contribution in [0.15, 0.2) is 53.4 Å². The van der Waals surface area contributed by atoms with Gasteiger partial charge in [0.05, 0.1) is 11.5 Å². The Hall–Kier alpha value is -2.54. The van der Waals surface area contributed by atoms with E-state index in [1.165, 1.54) is 24.0 Å². The van der Waals surface area contributed by atoms with Crippen molar-refractivity contribution in [2.45, 2.75) is 18.7 Å². The largest absolute Gasteiger partial charge is 0.494 e. The number of anilines is 2. The molecule has 2 aromatic rings. The maximum atomic E-state index is 12.4. The average molecular weight is 348 g/mol. The fourth-order valence-corrected chi connectivity index (χ4v) is 3.09. The van der Waals surface area contributed by atoms with Crippen molar-refractivity contribution in [2.75, 3.05) is 23.3 Å². The van der Waals surface area contributed by atoms with Crippen LogP contribution < -0.4 is 14.4 Å². The van der Waals surface area contributed by atoms with Crippen LogP contribution in [0.1, 0.15) is 13.8 Å². The van der Waals surface area contributed by atoms with Crippen molar-refractivity contribution in [3.05, 3.63) is 48.5 Å². The number of carbonyl (C=O) groups is 1. The van der Waals surface area contributed by atoms with Gasteiger partial charge in [-0.1, -0.05) is 0 Å². The molecule has 0 spiro atoms. The number of ether oxygens (including phenoxy) is 1. The highest BCUT2D eigenvalue weighted by Gasteiger charge is 2.14. The summed E-state index contributed by atoms with van der Waals surface area (Å²) in [4.78, 5) is 12.9. The maximum absolute atomic E-state index is 12.4. The molecule has 0 fully saturated rings. The average Bonchev–Trinajstić information content (AvgIpc) is 2.55. The summed E-state index contributed by atoms with van der Waals surface area (Å²) >= 11 is 0. The van der Waals surface area contributed by atoms with Crippen molar-refractivity contribution < 1.29 is 17.9 Å². The number of sulfonamides is 1. The Balaban J connectivity index is 2.15. The second kappa shape index (κ2) is 7.35. The lowest BCUT2D eigenvalue weighted by Gasteiger charge is -2.15. The first-order valence-electron chi connectivity index (χ1n) is 7.43. The van der Waals surface area contributed by atoms with E-state index in [0.717, 1.165) is 0 Å². The van der Waals surface area contributed by atoms with Crippen LogP contribution in [0.2, 0.25) is 0 Å². The van der Waals surface area contributed by atoms with E-state index < -0.39 is 10.0 Å². The monoisotopic (exact) mass is 348 g/mol. The molecule has 0 aromatic heterocycles. The predicted octanol–water partition coefficient (Wildman–Crippen LogP) is 2.87. The van der Waals surface area contributed by atoms with Crippen molar-refractivity contribution in [3.8, 4) is 5.75 Å². The first-order chi connectivity index (χ1) is 11.3. The zero-order valence-electron chi connectivity index (χ0n) is 13.8. The van der Waals surface area contributed by atoms with Gasteiger partial charge in [0.1, 0.15) is 5.75 Å². The molecule has 0 radical (unpaired) electrons. The fourth-order valence-electron chi connectivity index (χ4n) is 2.03. The minimum absolute atomic E-state index is 0.0993. The van der Waals surface area contributed by atoms with Crippen LogP contribution in [-0.2, 0) is 14.8 Å². The third-order valence-corrected chi connectivity index (χ3v) is 4.82. The van der Waals surface area contributed by atoms with E-state index in [-0.39, 0.29) is 10.8 Å². The van der Waals surface area contributed by atoms with Crippen LogP contribution in [0.25, 0.3) is 0 Å². The first-order valence-corrected chi connectivity index (χ1v) is 8.92. The van der Waals surface area contributed by atoms with Crippen LogP contribution in [-0.4, -0.2) is 28.0 Å². The molecule has 0 saturated carbocycles. The number of benzene rings is 2. The first kappa shape index (κ1) is 17.8. The molecule has 0 bridgehead atoms. The van der Waals surface area contributed by atoms with Gasteiger partial charge in [-0.15, -0.1) is 0 Å². The van der Waals surface area contributed by atoms with E-state index >= 15 is 0 Å². The van der Waals surface area contributed by atoms with Crippen LogP contribution in [0, 0.1) is 0 Å². The molecular weight excluding hydrogens is 328 g/mol. The number of hydrogen-bond donors (Lipinski definition) is 1. The molecule has 0 atom stereocenters. The lowest BCUT2D eigenvalue weighted by atomic mass is 10.2. The van der Waals surface area contributed by atoms with Crippen LogP contribution in [0.5, 0.6) is 5.75 Å². The zero-order chi connectivity index (χ0) is 17.7. The van der Waals surface area contributed by atoms with Gasteiger partial charge >= 0.3 is 0 Å². The molecule has 1 amide bonds. The van der Waals surface area contributed by atoms with Crippen molar-refractivity contribution in [1.82, 2.24) is 0 Å². The fraction of sp³-hybridized carbons (Fsp3) is 0.235. The molecule has 0 saturated heterocycles. The Kier molecular flexibility index (Phi) is 5.46. The molecular formula is C17H20N2O4S. The Morgan fingerprint density at radius 2 is 1.67 bits per heavy atom. The Morgan fingerprint density at radius 1 is 1.08 bits per heavy atom. The number of amides is 1. The van der Waals surface area contributed by atoms with Gasteiger partial charge in [-0.25, -0.2) is 8.42 Å². The molecule has 24 heavy (non-hydrogen) atoms.